The summed E-state index contributed by atoms with van der Waals surface area (Å²) >= 11 is 0. The predicted molar refractivity (Wildman–Crippen MR) is 103 cm³/mol. The molecule has 0 atom stereocenters. The summed E-state index contributed by atoms with van der Waals surface area (Å²) in [7, 11) is 1.69. The molecule has 2 aliphatic rings. The highest BCUT2D eigenvalue weighted by Crippen LogP contribution is 2.44. The summed E-state index contributed by atoms with van der Waals surface area (Å²) in [6, 6.07) is 10.5. The van der Waals surface area contributed by atoms with Crippen molar-refractivity contribution in [2.75, 3.05) is 25.5 Å². The molecule has 2 aromatic rings. The van der Waals surface area contributed by atoms with Crippen LogP contribution in [0.1, 0.15) is 38.8 Å². The number of hydrogen-bond donors (Lipinski definition) is 1. The van der Waals surface area contributed by atoms with Gasteiger partial charge >= 0.3 is 0 Å². The molecule has 1 aromatic carbocycles. The van der Waals surface area contributed by atoms with Crippen molar-refractivity contribution in [3.05, 3.63) is 42.2 Å². The standard InChI is InChI=1S/C21H27N3O2/c1-15(2)13-20(25)23-11-8-21(9-12-23)19-5-4-10-24(19)18-7-6-16(26-3)14-17(18)22-21/h4-7,10,14-15,22H,8-9,11-13H2,1-3H3. The summed E-state index contributed by atoms with van der Waals surface area (Å²) < 4.78 is 7.68. The summed E-state index contributed by atoms with van der Waals surface area (Å²) in [5.74, 6) is 1.54. The Bertz CT molecular complexity index is 816. The predicted octanol–water partition coefficient (Wildman–Crippen LogP) is 3.78. The number of methoxy groups -OCH3 is 1. The molecule has 1 saturated heterocycles. The van der Waals surface area contributed by atoms with Crippen LogP contribution in [0, 0.1) is 5.92 Å². The lowest BCUT2D eigenvalue weighted by molar-refractivity contribution is -0.133. The number of nitrogens with zero attached hydrogens (tertiary/aromatic N) is 2. The Morgan fingerprint density at radius 1 is 1.27 bits per heavy atom. The van der Waals surface area contributed by atoms with E-state index in [2.05, 4.69) is 54.2 Å². The molecule has 0 saturated carbocycles. The molecule has 0 radical (unpaired) electrons. The van der Waals surface area contributed by atoms with Crippen LogP contribution in [-0.2, 0) is 10.3 Å². The first kappa shape index (κ1) is 17.0. The van der Waals surface area contributed by atoms with Gasteiger partial charge in [0, 0.05) is 37.5 Å². The molecular weight excluding hydrogens is 326 g/mol. The number of carbonyl (C=O) groups is 1. The number of carbonyl (C=O) groups excluding carboxylic acids is 1. The fourth-order valence-corrected chi connectivity index (χ4v) is 4.25. The third kappa shape index (κ3) is 2.75. The number of nitrogens with one attached hydrogen (secondary N) is 1. The average Bonchev–Trinajstić information content (AvgIpc) is 3.12. The zero-order valence-corrected chi connectivity index (χ0v) is 15.8. The summed E-state index contributed by atoms with van der Waals surface area (Å²) in [6.07, 6.45) is 4.59. The van der Waals surface area contributed by atoms with E-state index in [1.54, 1.807) is 7.11 Å². The van der Waals surface area contributed by atoms with Gasteiger partial charge in [-0.1, -0.05) is 13.8 Å². The van der Waals surface area contributed by atoms with E-state index in [1.807, 2.05) is 11.0 Å². The van der Waals surface area contributed by atoms with Crippen LogP contribution >= 0.6 is 0 Å². The molecule has 5 heteroatoms. The Morgan fingerprint density at radius 3 is 2.73 bits per heavy atom. The summed E-state index contributed by atoms with van der Waals surface area (Å²) in [4.78, 5) is 14.5. The van der Waals surface area contributed by atoms with E-state index in [-0.39, 0.29) is 11.4 Å². The minimum atomic E-state index is -0.128. The largest absolute Gasteiger partial charge is 0.497 e. The molecule has 4 rings (SSSR count). The van der Waals surface area contributed by atoms with Gasteiger partial charge in [0.05, 0.1) is 24.0 Å². The molecule has 1 fully saturated rings. The lowest BCUT2D eigenvalue weighted by Crippen LogP contribution is -2.51. The van der Waals surface area contributed by atoms with E-state index in [9.17, 15) is 4.79 Å². The maximum atomic E-state index is 12.4. The van der Waals surface area contributed by atoms with Gasteiger partial charge in [0.1, 0.15) is 5.75 Å². The van der Waals surface area contributed by atoms with Crippen molar-refractivity contribution in [2.45, 2.75) is 38.6 Å². The second-order valence-corrected chi connectivity index (χ2v) is 7.83. The number of benzene rings is 1. The van der Waals surface area contributed by atoms with Crippen molar-refractivity contribution in [2.24, 2.45) is 5.92 Å². The van der Waals surface area contributed by atoms with E-state index in [0.717, 1.165) is 43.1 Å². The number of hydrogen-bond acceptors (Lipinski definition) is 3. The second kappa shape index (κ2) is 6.38. The lowest BCUT2D eigenvalue weighted by Gasteiger charge is -2.46. The number of likely N-dealkylation sites (tertiary alicyclic amines) is 1. The molecule has 26 heavy (non-hydrogen) atoms. The zero-order chi connectivity index (χ0) is 18.3. The van der Waals surface area contributed by atoms with Crippen molar-refractivity contribution < 1.29 is 9.53 Å². The zero-order valence-electron chi connectivity index (χ0n) is 15.8. The minimum Gasteiger partial charge on any atom is -0.497 e. The van der Waals surface area contributed by atoms with Crippen LogP contribution in [0.25, 0.3) is 5.69 Å². The Hall–Kier alpha value is -2.43. The molecule has 0 aliphatic carbocycles. The average molecular weight is 353 g/mol. The van der Waals surface area contributed by atoms with Crippen molar-refractivity contribution >= 4 is 11.6 Å². The van der Waals surface area contributed by atoms with E-state index in [1.165, 1.54) is 5.69 Å². The maximum Gasteiger partial charge on any atom is 0.222 e. The molecule has 1 spiro atoms. The number of piperidine rings is 1. The van der Waals surface area contributed by atoms with Crippen LogP contribution in [0.2, 0.25) is 0 Å². The molecule has 2 aliphatic heterocycles. The van der Waals surface area contributed by atoms with Crippen molar-refractivity contribution in [3.8, 4) is 11.4 Å². The molecule has 0 bridgehead atoms. The second-order valence-electron chi connectivity index (χ2n) is 7.83. The Kier molecular flexibility index (Phi) is 4.17. The first-order chi connectivity index (χ1) is 12.5. The number of aromatic nitrogens is 1. The first-order valence-electron chi connectivity index (χ1n) is 9.44. The Labute approximate surface area is 154 Å². The van der Waals surface area contributed by atoms with Crippen molar-refractivity contribution in [1.29, 1.82) is 0 Å². The molecular formula is C21H27N3O2. The van der Waals surface area contributed by atoms with Crippen LogP contribution < -0.4 is 10.1 Å². The minimum absolute atomic E-state index is 0.128. The smallest absolute Gasteiger partial charge is 0.222 e. The van der Waals surface area contributed by atoms with Gasteiger partial charge in [-0.3, -0.25) is 4.79 Å². The molecule has 3 heterocycles. The van der Waals surface area contributed by atoms with E-state index < -0.39 is 0 Å². The van der Waals surface area contributed by atoms with Crippen LogP contribution in [0.4, 0.5) is 5.69 Å². The van der Waals surface area contributed by atoms with Gasteiger partial charge in [-0.25, -0.2) is 0 Å². The van der Waals surface area contributed by atoms with Crippen LogP contribution in [-0.4, -0.2) is 35.6 Å². The number of rotatable bonds is 3. The Morgan fingerprint density at radius 2 is 2.04 bits per heavy atom. The Balaban J connectivity index is 1.61. The third-order valence-corrected chi connectivity index (χ3v) is 5.63. The van der Waals surface area contributed by atoms with Gasteiger partial charge in [0.25, 0.3) is 0 Å². The SMILES string of the molecule is COc1ccc2c(c1)NC1(CCN(C(=O)CC(C)C)CC1)c1cccn1-2. The van der Waals surface area contributed by atoms with Crippen molar-refractivity contribution in [1.82, 2.24) is 9.47 Å². The van der Waals surface area contributed by atoms with Gasteiger partial charge in [0.2, 0.25) is 5.91 Å². The topological polar surface area (TPSA) is 46.5 Å². The van der Waals surface area contributed by atoms with Gasteiger partial charge in [-0.2, -0.15) is 0 Å². The number of amides is 1. The fourth-order valence-electron chi connectivity index (χ4n) is 4.25. The molecule has 1 N–H and O–H groups in total. The lowest BCUT2D eigenvalue weighted by atomic mass is 9.82. The van der Waals surface area contributed by atoms with Crippen LogP contribution in [0.3, 0.4) is 0 Å². The molecule has 1 aromatic heterocycles. The highest BCUT2D eigenvalue weighted by Gasteiger charge is 2.42. The van der Waals surface area contributed by atoms with Crippen LogP contribution in [0.15, 0.2) is 36.5 Å². The summed E-state index contributed by atoms with van der Waals surface area (Å²) in [6.45, 7) is 5.79. The number of anilines is 1. The third-order valence-electron chi connectivity index (χ3n) is 5.63. The number of fused-ring (bicyclic) bond motifs is 4. The molecule has 5 nitrogen and oxygen atoms in total. The number of ether oxygens (including phenoxy) is 1. The van der Waals surface area contributed by atoms with E-state index in [4.69, 9.17) is 4.74 Å². The quantitative estimate of drug-likeness (QED) is 0.913. The highest BCUT2D eigenvalue weighted by molar-refractivity contribution is 5.76. The van der Waals surface area contributed by atoms with Crippen LogP contribution in [0.5, 0.6) is 5.75 Å². The van der Waals surface area contributed by atoms with Crippen molar-refractivity contribution in [3.63, 3.8) is 0 Å². The van der Waals surface area contributed by atoms with Gasteiger partial charge in [-0.05, 0) is 43.0 Å². The fraction of sp³-hybridized carbons (Fsp3) is 0.476. The maximum absolute atomic E-state index is 12.4. The molecule has 138 valence electrons. The monoisotopic (exact) mass is 353 g/mol. The highest BCUT2D eigenvalue weighted by atomic mass is 16.5. The summed E-state index contributed by atoms with van der Waals surface area (Å²) in [5.41, 5.74) is 3.40. The van der Waals surface area contributed by atoms with E-state index >= 15 is 0 Å². The molecule has 1 amide bonds. The van der Waals surface area contributed by atoms with Gasteiger partial charge in [-0.15, -0.1) is 0 Å². The first-order valence-corrected chi connectivity index (χ1v) is 9.44. The van der Waals surface area contributed by atoms with Gasteiger partial charge in [0.15, 0.2) is 0 Å². The summed E-state index contributed by atoms with van der Waals surface area (Å²) in [5, 5.41) is 3.79. The van der Waals surface area contributed by atoms with Gasteiger partial charge < -0.3 is 19.5 Å². The normalized spacial score (nSPS) is 17.6. The molecule has 0 unspecified atom stereocenters. The van der Waals surface area contributed by atoms with E-state index in [0.29, 0.717) is 12.3 Å².